The van der Waals surface area contributed by atoms with E-state index in [1.807, 2.05) is 74.1 Å². The van der Waals surface area contributed by atoms with E-state index in [0.29, 0.717) is 5.02 Å². The van der Waals surface area contributed by atoms with Crippen molar-refractivity contribution in [1.82, 2.24) is 4.98 Å². The second-order valence-electron chi connectivity index (χ2n) is 11.7. The Morgan fingerprint density at radius 2 is 1.81 bits per heavy atom. The van der Waals surface area contributed by atoms with Gasteiger partial charge >= 0.3 is 29.0 Å². The molecule has 2 N–H and O–H groups in total. The number of halogens is 1. The summed E-state index contributed by atoms with van der Waals surface area (Å²) in [6.45, 7) is 3.66. The highest BCUT2D eigenvalue weighted by molar-refractivity contribution is 7.99. The molecule has 1 heterocycles. The third-order valence-corrected chi connectivity index (χ3v) is 9.76. The van der Waals surface area contributed by atoms with Crippen molar-refractivity contribution in [2.75, 3.05) is 5.75 Å². The molecular formula is C35H38ClMgNO3S. The van der Waals surface area contributed by atoms with Crippen molar-refractivity contribution in [3.63, 3.8) is 0 Å². The van der Waals surface area contributed by atoms with Gasteiger partial charge in [-0.15, -0.1) is 0 Å². The number of fused-ring (bicyclic) bond motifs is 1. The predicted octanol–water partition coefficient (Wildman–Crippen LogP) is 8.03. The third-order valence-electron chi connectivity index (χ3n) is 7.83. The zero-order valence-electron chi connectivity index (χ0n) is 23.5. The Morgan fingerprint density at radius 3 is 2.55 bits per heavy atom. The van der Waals surface area contributed by atoms with E-state index in [0.717, 1.165) is 64.7 Å². The van der Waals surface area contributed by atoms with Gasteiger partial charge in [0.05, 0.1) is 23.2 Å². The molecular weight excluding hydrogens is 574 g/mol. The quantitative estimate of drug-likeness (QED) is 0.159. The summed E-state index contributed by atoms with van der Waals surface area (Å²) < 4.78 is 0. The Morgan fingerprint density at radius 1 is 1.05 bits per heavy atom. The first kappa shape index (κ1) is 32.6. The third kappa shape index (κ3) is 8.61. The molecule has 1 fully saturated rings. The second kappa shape index (κ2) is 14.0. The fraction of sp³-hybridized carbons (Fsp3) is 0.314. The Hall–Kier alpha value is -2.35. The van der Waals surface area contributed by atoms with Gasteiger partial charge in [0.15, 0.2) is 0 Å². The summed E-state index contributed by atoms with van der Waals surface area (Å²) in [5, 5.41) is 22.1. The van der Waals surface area contributed by atoms with E-state index in [4.69, 9.17) is 16.6 Å². The summed E-state index contributed by atoms with van der Waals surface area (Å²) in [6, 6.07) is 26.5. The van der Waals surface area contributed by atoms with E-state index < -0.39 is 11.6 Å². The number of thioether (sulfide) groups is 1. The largest absolute Gasteiger partial charge is 0.481 e. The number of rotatable bonds is 12. The van der Waals surface area contributed by atoms with Gasteiger partial charge in [-0.3, -0.25) is 4.79 Å². The second-order valence-corrected chi connectivity index (χ2v) is 13.3. The minimum atomic E-state index is -0.911. The number of nitrogens with zero attached hydrogens (tertiary/aromatic N) is 1. The smallest absolute Gasteiger partial charge is 0.316 e. The minimum Gasteiger partial charge on any atom is -0.481 e. The molecule has 0 spiro atoms. The summed E-state index contributed by atoms with van der Waals surface area (Å²) in [5.74, 6) is 0.122. The van der Waals surface area contributed by atoms with Crippen molar-refractivity contribution in [3.05, 3.63) is 112 Å². The Labute approximate surface area is 273 Å². The summed E-state index contributed by atoms with van der Waals surface area (Å²) in [5.41, 5.74) is 5.15. The van der Waals surface area contributed by atoms with E-state index in [-0.39, 0.29) is 40.1 Å². The van der Waals surface area contributed by atoms with Crippen LogP contribution in [0.4, 0.5) is 0 Å². The molecule has 1 saturated carbocycles. The maximum atomic E-state index is 11.5. The van der Waals surface area contributed by atoms with Gasteiger partial charge in [-0.1, -0.05) is 78.3 Å². The molecule has 1 aromatic heterocycles. The molecule has 3 aromatic carbocycles. The first-order valence-electron chi connectivity index (χ1n) is 14.1. The molecule has 0 unspecified atom stereocenters. The molecule has 1 aliphatic rings. The SMILES string of the molecule is CC(C)(O)c1ccccc1CC[C@@H](SCC1(CC(=O)O)CC1)c1cccc(C=Cc2ccc3ccc(Cl)cc3n2)c1.[MgH2]. The lowest BCUT2D eigenvalue weighted by molar-refractivity contribution is -0.138. The highest BCUT2D eigenvalue weighted by Crippen LogP contribution is 2.53. The predicted molar refractivity (Wildman–Crippen MR) is 180 cm³/mol. The van der Waals surface area contributed by atoms with Crippen LogP contribution in [0.15, 0.2) is 78.9 Å². The zero-order chi connectivity index (χ0) is 29.0. The van der Waals surface area contributed by atoms with Crippen LogP contribution in [0.1, 0.15) is 72.7 Å². The topological polar surface area (TPSA) is 70.4 Å². The molecule has 1 atom stereocenters. The molecule has 1 aliphatic carbocycles. The number of aryl methyl sites for hydroxylation is 1. The van der Waals surface area contributed by atoms with E-state index >= 15 is 0 Å². The zero-order valence-corrected chi connectivity index (χ0v) is 25.1. The van der Waals surface area contributed by atoms with Crippen molar-refractivity contribution in [2.45, 2.75) is 56.8 Å². The average molecular weight is 613 g/mol. The van der Waals surface area contributed by atoms with Crippen LogP contribution in [0, 0.1) is 5.41 Å². The molecule has 7 heteroatoms. The van der Waals surface area contributed by atoms with Gasteiger partial charge in [0.1, 0.15) is 0 Å². The van der Waals surface area contributed by atoms with Crippen molar-refractivity contribution in [2.24, 2.45) is 5.41 Å². The van der Waals surface area contributed by atoms with Gasteiger partial charge in [-0.25, -0.2) is 4.98 Å². The monoisotopic (exact) mass is 611 g/mol. The average Bonchev–Trinajstić information content (AvgIpc) is 3.70. The molecule has 0 bridgehead atoms. The van der Waals surface area contributed by atoms with Gasteiger partial charge < -0.3 is 10.2 Å². The minimum absolute atomic E-state index is 0. The van der Waals surface area contributed by atoms with Crippen LogP contribution in [0.2, 0.25) is 5.02 Å². The number of pyridine rings is 1. The maximum absolute atomic E-state index is 11.5. The molecule has 0 aliphatic heterocycles. The standard InChI is InChI=1S/C35H36ClNO3S.Mg.2H/c1-34(2,40)30-9-4-3-7-25(30)13-17-32(41-23-35(18-19-35)22-33(38)39)27-8-5-6-24(20-27)10-15-29-16-12-26-11-14-28(36)21-31(26)37-29;;;/h3-12,14-16,20-21,32,40H,13,17-19,22-23H2,1-2H3,(H,38,39);;;/t32-;;;/m1.../s1. The highest BCUT2D eigenvalue weighted by atomic mass is 35.5. The number of aliphatic hydroxyl groups is 1. The van der Waals surface area contributed by atoms with Crippen molar-refractivity contribution < 1.29 is 15.0 Å². The fourth-order valence-corrected chi connectivity index (χ4v) is 7.09. The lowest BCUT2D eigenvalue weighted by Gasteiger charge is -2.24. The van der Waals surface area contributed by atoms with E-state index in [2.05, 4.69) is 42.5 Å². The van der Waals surface area contributed by atoms with Gasteiger partial charge in [-0.05, 0) is 91.5 Å². The molecule has 0 radical (unpaired) electrons. The lowest BCUT2D eigenvalue weighted by atomic mass is 9.90. The summed E-state index contributed by atoms with van der Waals surface area (Å²) in [7, 11) is 0. The molecule has 216 valence electrons. The van der Waals surface area contributed by atoms with Crippen molar-refractivity contribution in [3.8, 4) is 0 Å². The van der Waals surface area contributed by atoms with Gasteiger partial charge in [0.2, 0.25) is 0 Å². The van der Waals surface area contributed by atoms with Crippen LogP contribution in [-0.2, 0) is 16.8 Å². The number of carbonyl (C=O) groups is 1. The number of benzene rings is 3. The van der Waals surface area contributed by atoms with Crippen molar-refractivity contribution in [1.29, 1.82) is 0 Å². The van der Waals surface area contributed by atoms with E-state index in [1.165, 1.54) is 5.56 Å². The van der Waals surface area contributed by atoms with Crippen LogP contribution in [0.3, 0.4) is 0 Å². The fourth-order valence-electron chi connectivity index (χ4n) is 5.36. The molecule has 0 saturated heterocycles. The molecule has 4 aromatic rings. The normalized spacial score (nSPS) is 15.0. The van der Waals surface area contributed by atoms with Crippen LogP contribution < -0.4 is 0 Å². The molecule has 0 amide bonds. The highest BCUT2D eigenvalue weighted by Gasteiger charge is 2.44. The van der Waals surface area contributed by atoms with Gasteiger partial charge in [0, 0.05) is 21.4 Å². The molecule has 4 nitrogen and oxygen atoms in total. The van der Waals surface area contributed by atoms with Crippen molar-refractivity contribution >= 4 is 75.4 Å². The summed E-state index contributed by atoms with van der Waals surface area (Å²) in [6.07, 6.45) is 8.02. The van der Waals surface area contributed by atoms with Crippen LogP contribution in [0.25, 0.3) is 23.1 Å². The van der Waals surface area contributed by atoms with E-state index in [1.54, 1.807) is 0 Å². The van der Waals surface area contributed by atoms with Crippen LogP contribution in [0.5, 0.6) is 0 Å². The Kier molecular flexibility index (Phi) is 10.8. The summed E-state index contributed by atoms with van der Waals surface area (Å²) >= 11 is 8.04. The lowest BCUT2D eigenvalue weighted by Crippen LogP contribution is -2.18. The van der Waals surface area contributed by atoms with E-state index in [9.17, 15) is 15.0 Å². The Bertz CT molecular complexity index is 1580. The van der Waals surface area contributed by atoms with Crippen LogP contribution in [-0.4, -0.2) is 50.0 Å². The maximum Gasteiger partial charge on any atom is 0.316 e. The number of hydrogen-bond acceptors (Lipinski definition) is 4. The van der Waals surface area contributed by atoms with Gasteiger partial charge in [-0.2, -0.15) is 11.8 Å². The number of hydrogen-bond donors (Lipinski definition) is 2. The molecule has 42 heavy (non-hydrogen) atoms. The number of carboxylic acids is 1. The summed E-state index contributed by atoms with van der Waals surface area (Å²) in [4.78, 5) is 16.2. The number of aliphatic carboxylic acids is 1. The van der Waals surface area contributed by atoms with Crippen LogP contribution >= 0.6 is 23.4 Å². The van der Waals surface area contributed by atoms with Gasteiger partial charge in [0.25, 0.3) is 0 Å². The first-order chi connectivity index (χ1) is 19.6. The Balaban J connectivity index is 0.00000405. The number of carboxylic acid groups (broad SMARTS) is 1. The molecule has 5 rings (SSSR count). The first-order valence-corrected chi connectivity index (χ1v) is 15.5. The number of aromatic nitrogens is 1.